The van der Waals surface area contributed by atoms with E-state index in [1.54, 1.807) is 0 Å². The van der Waals surface area contributed by atoms with E-state index < -0.39 is 6.10 Å². The third-order valence-corrected chi connectivity index (χ3v) is 1.98. The summed E-state index contributed by atoms with van der Waals surface area (Å²) in [4.78, 5) is 8.41. The van der Waals surface area contributed by atoms with Gasteiger partial charge in [-0.2, -0.15) is 0 Å². The predicted octanol–water partition coefficient (Wildman–Crippen LogP) is 0.113. The van der Waals surface area contributed by atoms with Crippen molar-refractivity contribution in [1.82, 2.24) is 9.97 Å². The first kappa shape index (κ1) is 11.9. The van der Waals surface area contributed by atoms with Gasteiger partial charge in [-0.25, -0.2) is 9.97 Å². The molecule has 0 spiro atoms. The summed E-state index contributed by atoms with van der Waals surface area (Å²) in [6.45, 7) is 3.88. The van der Waals surface area contributed by atoms with E-state index in [1.165, 1.54) is 0 Å². The summed E-state index contributed by atoms with van der Waals surface area (Å²) in [5.74, 6) is 1.39. The molecule has 0 aromatic carbocycles. The number of aromatic nitrogens is 2. The molecule has 1 atom stereocenters. The largest absolute Gasteiger partial charge is 0.394 e. The Morgan fingerprint density at radius 3 is 2.80 bits per heavy atom. The minimum Gasteiger partial charge on any atom is -0.394 e. The van der Waals surface area contributed by atoms with Crippen LogP contribution in [0.4, 0.5) is 5.82 Å². The van der Waals surface area contributed by atoms with Crippen LogP contribution >= 0.6 is 0 Å². The monoisotopic (exact) mass is 211 g/mol. The van der Waals surface area contributed by atoms with Crippen LogP contribution in [0.1, 0.15) is 18.4 Å². The number of nitrogens with zero attached hydrogens (tertiary/aromatic N) is 2. The van der Waals surface area contributed by atoms with Crippen LogP contribution in [0, 0.1) is 6.92 Å². The van der Waals surface area contributed by atoms with Crippen molar-refractivity contribution in [3.8, 4) is 0 Å². The Hall–Kier alpha value is -1.20. The van der Waals surface area contributed by atoms with E-state index in [0.717, 1.165) is 12.1 Å². The van der Waals surface area contributed by atoms with Crippen LogP contribution in [0.5, 0.6) is 0 Å². The van der Waals surface area contributed by atoms with Crippen molar-refractivity contribution in [1.29, 1.82) is 0 Å². The van der Waals surface area contributed by atoms with Crippen LogP contribution in [0.3, 0.4) is 0 Å². The summed E-state index contributed by atoms with van der Waals surface area (Å²) >= 11 is 0. The molecule has 84 valence electrons. The fourth-order valence-electron chi connectivity index (χ4n) is 1.19. The molecule has 0 aliphatic carbocycles. The van der Waals surface area contributed by atoms with Crippen molar-refractivity contribution < 1.29 is 10.2 Å². The molecular weight excluding hydrogens is 194 g/mol. The van der Waals surface area contributed by atoms with Crippen molar-refractivity contribution >= 4 is 5.82 Å². The molecular formula is C10H17N3O2. The lowest BCUT2D eigenvalue weighted by atomic mass is 10.3. The van der Waals surface area contributed by atoms with E-state index in [0.29, 0.717) is 11.6 Å². The zero-order chi connectivity index (χ0) is 11.3. The quantitative estimate of drug-likeness (QED) is 0.644. The van der Waals surface area contributed by atoms with Crippen molar-refractivity contribution in [3.05, 3.63) is 17.6 Å². The second kappa shape index (κ2) is 5.63. The second-order valence-corrected chi connectivity index (χ2v) is 3.36. The third kappa shape index (κ3) is 3.81. The molecule has 0 bridgehead atoms. The normalized spacial score (nSPS) is 12.5. The SMILES string of the molecule is CCc1cc(NCC(O)CO)nc(C)n1. The Balaban J connectivity index is 2.64. The first-order chi connectivity index (χ1) is 7.15. The van der Waals surface area contributed by atoms with Gasteiger partial charge in [-0.3, -0.25) is 0 Å². The molecule has 3 N–H and O–H groups in total. The summed E-state index contributed by atoms with van der Waals surface area (Å²) in [6, 6.07) is 1.84. The second-order valence-electron chi connectivity index (χ2n) is 3.36. The maximum absolute atomic E-state index is 9.16. The van der Waals surface area contributed by atoms with E-state index in [1.807, 2.05) is 19.9 Å². The number of aliphatic hydroxyl groups excluding tert-OH is 2. The van der Waals surface area contributed by atoms with Gasteiger partial charge in [0.2, 0.25) is 0 Å². The first-order valence-electron chi connectivity index (χ1n) is 5.03. The maximum Gasteiger partial charge on any atom is 0.130 e. The Morgan fingerprint density at radius 2 is 2.20 bits per heavy atom. The van der Waals surface area contributed by atoms with Gasteiger partial charge in [-0.15, -0.1) is 0 Å². The zero-order valence-electron chi connectivity index (χ0n) is 9.06. The van der Waals surface area contributed by atoms with Gasteiger partial charge in [-0.1, -0.05) is 6.92 Å². The van der Waals surface area contributed by atoms with Crippen molar-refractivity contribution in [2.45, 2.75) is 26.4 Å². The lowest BCUT2D eigenvalue weighted by Crippen LogP contribution is -2.23. The van der Waals surface area contributed by atoms with Crippen LogP contribution in [-0.2, 0) is 6.42 Å². The van der Waals surface area contributed by atoms with E-state index in [9.17, 15) is 0 Å². The van der Waals surface area contributed by atoms with Gasteiger partial charge in [0.15, 0.2) is 0 Å². The number of aliphatic hydroxyl groups is 2. The summed E-state index contributed by atoms with van der Waals surface area (Å²) in [6.07, 6.45) is 0.0889. The molecule has 15 heavy (non-hydrogen) atoms. The van der Waals surface area contributed by atoms with Crippen molar-refractivity contribution in [3.63, 3.8) is 0 Å². The van der Waals surface area contributed by atoms with Crippen molar-refractivity contribution in [2.75, 3.05) is 18.5 Å². The van der Waals surface area contributed by atoms with Crippen LogP contribution in [-0.4, -0.2) is 39.4 Å². The van der Waals surface area contributed by atoms with Gasteiger partial charge in [0.05, 0.1) is 12.7 Å². The molecule has 1 heterocycles. The summed E-state index contributed by atoms with van der Waals surface area (Å²) in [5, 5.41) is 20.8. The molecule has 0 aliphatic rings. The molecule has 1 aromatic rings. The van der Waals surface area contributed by atoms with Gasteiger partial charge >= 0.3 is 0 Å². The van der Waals surface area contributed by atoms with Gasteiger partial charge < -0.3 is 15.5 Å². The smallest absolute Gasteiger partial charge is 0.130 e. The average molecular weight is 211 g/mol. The minimum atomic E-state index is -0.759. The standard InChI is InChI=1S/C10H17N3O2/c1-3-8-4-10(13-7(2)12-8)11-5-9(15)6-14/h4,9,14-15H,3,5-6H2,1-2H3,(H,11,12,13). The van der Waals surface area contributed by atoms with Gasteiger partial charge in [0, 0.05) is 18.3 Å². The van der Waals surface area contributed by atoms with Crippen LogP contribution in [0.25, 0.3) is 0 Å². The molecule has 0 aliphatic heterocycles. The van der Waals surface area contributed by atoms with Crippen LogP contribution < -0.4 is 5.32 Å². The number of rotatable bonds is 5. The highest BCUT2D eigenvalue weighted by atomic mass is 16.3. The van der Waals surface area contributed by atoms with Gasteiger partial charge in [0.25, 0.3) is 0 Å². The molecule has 5 heteroatoms. The topological polar surface area (TPSA) is 78.3 Å². The number of nitrogens with one attached hydrogen (secondary N) is 1. The number of hydrogen-bond acceptors (Lipinski definition) is 5. The van der Waals surface area contributed by atoms with Crippen molar-refractivity contribution in [2.24, 2.45) is 0 Å². The Bertz CT molecular complexity index is 318. The van der Waals surface area contributed by atoms with Crippen LogP contribution in [0.2, 0.25) is 0 Å². The molecule has 1 rings (SSSR count). The maximum atomic E-state index is 9.16. The highest BCUT2D eigenvalue weighted by Crippen LogP contribution is 2.06. The molecule has 1 aromatic heterocycles. The van der Waals surface area contributed by atoms with Gasteiger partial charge in [0.1, 0.15) is 11.6 Å². The fourth-order valence-corrected chi connectivity index (χ4v) is 1.19. The van der Waals surface area contributed by atoms with E-state index >= 15 is 0 Å². The number of anilines is 1. The van der Waals surface area contributed by atoms with Gasteiger partial charge in [-0.05, 0) is 13.3 Å². The lowest BCUT2D eigenvalue weighted by molar-refractivity contribution is 0.105. The van der Waals surface area contributed by atoms with E-state index in [-0.39, 0.29) is 13.2 Å². The zero-order valence-corrected chi connectivity index (χ0v) is 9.06. The minimum absolute atomic E-state index is 0.252. The fraction of sp³-hybridized carbons (Fsp3) is 0.600. The highest BCUT2D eigenvalue weighted by Gasteiger charge is 2.03. The summed E-state index contributed by atoms with van der Waals surface area (Å²) in [7, 11) is 0. The van der Waals surface area contributed by atoms with E-state index in [4.69, 9.17) is 10.2 Å². The molecule has 0 fully saturated rings. The predicted molar refractivity (Wildman–Crippen MR) is 57.7 cm³/mol. The highest BCUT2D eigenvalue weighted by molar-refractivity contribution is 5.36. The Labute approximate surface area is 89.2 Å². The molecule has 0 saturated carbocycles. The first-order valence-corrected chi connectivity index (χ1v) is 5.03. The average Bonchev–Trinajstić information content (AvgIpc) is 2.25. The lowest BCUT2D eigenvalue weighted by Gasteiger charge is -2.10. The number of aryl methyl sites for hydroxylation is 2. The summed E-state index contributed by atoms with van der Waals surface area (Å²) < 4.78 is 0. The van der Waals surface area contributed by atoms with Crippen LogP contribution in [0.15, 0.2) is 6.07 Å². The Morgan fingerprint density at radius 1 is 1.47 bits per heavy atom. The molecule has 5 nitrogen and oxygen atoms in total. The molecule has 0 saturated heterocycles. The number of hydrogen-bond donors (Lipinski definition) is 3. The molecule has 0 amide bonds. The summed E-state index contributed by atoms with van der Waals surface area (Å²) in [5.41, 5.74) is 0.962. The Kier molecular flexibility index (Phi) is 4.45. The third-order valence-electron chi connectivity index (χ3n) is 1.98. The molecule has 1 unspecified atom stereocenters. The van der Waals surface area contributed by atoms with E-state index in [2.05, 4.69) is 15.3 Å². The molecule has 0 radical (unpaired) electrons.